The van der Waals surface area contributed by atoms with Gasteiger partial charge in [-0.15, -0.1) is 0 Å². The van der Waals surface area contributed by atoms with E-state index in [9.17, 15) is 0 Å². The van der Waals surface area contributed by atoms with Crippen molar-refractivity contribution in [1.29, 1.82) is 0 Å². The molecule has 0 aromatic carbocycles. The van der Waals surface area contributed by atoms with Crippen LogP contribution in [-0.2, 0) is 6.54 Å². The number of rotatable bonds is 1. The minimum atomic E-state index is 1.02. The fourth-order valence-corrected chi connectivity index (χ4v) is 1.36. The number of nitrogens with one attached hydrogen (secondary N) is 1. The molecule has 0 aliphatic carbocycles. The fourth-order valence-electron chi connectivity index (χ4n) is 1.36. The van der Waals surface area contributed by atoms with E-state index in [0.29, 0.717) is 0 Å². The maximum atomic E-state index is 3.17. The molecule has 0 saturated carbocycles. The first-order valence-corrected chi connectivity index (χ1v) is 3.87. The average molecular weight is 147 g/mol. The van der Waals surface area contributed by atoms with Crippen molar-refractivity contribution < 1.29 is 4.57 Å². The summed E-state index contributed by atoms with van der Waals surface area (Å²) < 4.78 is 2.21. The molecule has 0 saturated heterocycles. The quantitative estimate of drug-likeness (QED) is 0.589. The Morgan fingerprint density at radius 3 is 3.18 bits per heavy atom. The molecule has 0 radical (unpaired) electrons. The fraction of sp³-hybridized carbons (Fsp3) is 0.222. The number of H-pyrrole nitrogens is 1. The van der Waals surface area contributed by atoms with Gasteiger partial charge < -0.3 is 4.98 Å². The van der Waals surface area contributed by atoms with Crippen LogP contribution in [0.4, 0.5) is 0 Å². The molecule has 0 amide bonds. The van der Waals surface area contributed by atoms with Gasteiger partial charge in [0, 0.05) is 18.3 Å². The number of hydrogen-bond acceptors (Lipinski definition) is 0. The molecule has 0 unspecified atom stereocenters. The highest BCUT2D eigenvalue weighted by molar-refractivity contribution is 5.70. The number of fused-ring (bicyclic) bond motifs is 1. The number of aromatic amines is 1. The summed E-state index contributed by atoms with van der Waals surface area (Å²) in [6, 6.07) is 6.24. The highest BCUT2D eigenvalue weighted by atomic mass is 15.0. The summed E-state index contributed by atoms with van der Waals surface area (Å²) in [5, 5.41) is 0. The molecular weight excluding hydrogens is 136 g/mol. The summed E-state index contributed by atoms with van der Waals surface area (Å²) in [6.45, 7) is 3.17. The molecule has 2 heterocycles. The molecule has 2 aromatic rings. The normalized spacial score (nSPS) is 10.6. The number of nitrogens with zero attached hydrogens (tertiary/aromatic N) is 1. The van der Waals surface area contributed by atoms with Crippen LogP contribution >= 0.6 is 0 Å². The first-order valence-electron chi connectivity index (χ1n) is 3.87. The molecule has 0 aliphatic rings. The Balaban J connectivity index is 2.79. The summed E-state index contributed by atoms with van der Waals surface area (Å²) in [6.07, 6.45) is 4.06. The Morgan fingerprint density at radius 2 is 2.36 bits per heavy atom. The summed E-state index contributed by atoms with van der Waals surface area (Å²) in [7, 11) is 0. The van der Waals surface area contributed by atoms with E-state index in [0.717, 1.165) is 6.54 Å². The van der Waals surface area contributed by atoms with Crippen LogP contribution in [0, 0.1) is 0 Å². The van der Waals surface area contributed by atoms with Gasteiger partial charge in [0.15, 0.2) is 6.20 Å². The lowest BCUT2D eigenvalue weighted by molar-refractivity contribution is -0.667. The lowest BCUT2D eigenvalue weighted by atomic mass is 10.4. The van der Waals surface area contributed by atoms with E-state index >= 15 is 0 Å². The van der Waals surface area contributed by atoms with Crippen molar-refractivity contribution in [3.63, 3.8) is 0 Å². The third-order valence-electron chi connectivity index (χ3n) is 1.94. The van der Waals surface area contributed by atoms with Gasteiger partial charge in [0.05, 0.1) is 0 Å². The Hall–Kier alpha value is -1.31. The molecule has 0 bridgehead atoms. The van der Waals surface area contributed by atoms with Crippen molar-refractivity contribution >= 4 is 11.0 Å². The maximum Gasteiger partial charge on any atom is 0.230 e. The summed E-state index contributed by atoms with van der Waals surface area (Å²) in [4.78, 5) is 3.17. The largest absolute Gasteiger partial charge is 0.356 e. The molecular formula is C9H11N2+. The van der Waals surface area contributed by atoms with Crippen LogP contribution in [-0.4, -0.2) is 4.98 Å². The van der Waals surface area contributed by atoms with Crippen LogP contribution in [0.3, 0.4) is 0 Å². The molecule has 0 atom stereocenters. The highest BCUT2D eigenvalue weighted by Gasteiger charge is 2.04. The molecule has 0 aliphatic heterocycles. The van der Waals surface area contributed by atoms with Gasteiger partial charge in [-0.05, 0) is 13.0 Å². The second-order valence-corrected chi connectivity index (χ2v) is 2.57. The predicted molar refractivity (Wildman–Crippen MR) is 44.2 cm³/mol. The number of aryl methyl sites for hydroxylation is 1. The third-order valence-corrected chi connectivity index (χ3v) is 1.94. The lowest BCUT2D eigenvalue weighted by Crippen LogP contribution is -2.31. The van der Waals surface area contributed by atoms with Crippen molar-refractivity contribution in [2.75, 3.05) is 0 Å². The van der Waals surface area contributed by atoms with E-state index in [1.807, 2.05) is 6.20 Å². The molecule has 0 fully saturated rings. The van der Waals surface area contributed by atoms with E-state index in [-0.39, 0.29) is 0 Å². The van der Waals surface area contributed by atoms with Crippen molar-refractivity contribution in [1.82, 2.24) is 4.98 Å². The van der Waals surface area contributed by atoms with Crippen LogP contribution in [0.25, 0.3) is 11.0 Å². The van der Waals surface area contributed by atoms with E-state index < -0.39 is 0 Å². The molecule has 0 spiro atoms. The second-order valence-electron chi connectivity index (χ2n) is 2.57. The zero-order chi connectivity index (χ0) is 7.68. The Morgan fingerprint density at radius 1 is 1.45 bits per heavy atom. The van der Waals surface area contributed by atoms with Crippen LogP contribution in [0.1, 0.15) is 6.92 Å². The molecule has 2 nitrogen and oxygen atoms in total. The Kier molecular flexibility index (Phi) is 1.39. The zero-order valence-corrected chi connectivity index (χ0v) is 6.54. The summed E-state index contributed by atoms with van der Waals surface area (Å²) >= 11 is 0. The van der Waals surface area contributed by atoms with Crippen molar-refractivity contribution in [2.45, 2.75) is 13.5 Å². The van der Waals surface area contributed by atoms with E-state index in [1.165, 1.54) is 11.0 Å². The monoisotopic (exact) mass is 147 g/mol. The number of pyridine rings is 1. The average Bonchev–Trinajstić information content (AvgIpc) is 2.50. The van der Waals surface area contributed by atoms with Crippen molar-refractivity contribution in [3.8, 4) is 0 Å². The van der Waals surface area contributed by atoms with E-state index in [2.05, 4.69) is 40.9 Å². The minimum Gasteiger partial charge on any atom is -0.356 e. The second kappa shape index (κ2) is 2.38. The smallest absolute Gasteiger partial charge is 0.230 e. The van der Waals surface area contributed by atoms with Gasteiger partial charge in [-0.25, -0.2) is 0 Å². The topological polar surface area (TPSA) is 19.7 Å². The van der Waals surface area contributed by atoms with Gasteiger partial charge in [0.25, 0.3) is 0 Å². The first-order chi connectivity index (χ1) is 5.42. The maximum absolute atomic E-state index is 3.17. The molecule has 2 aromatic heterocycles. The van der Waals surface area contributed by atoms with Crippen molar-refractivity contribution in [3.05, 3.63) is 30.6 Å². The van der Waals surface area contributed by atoms with Crippen molar-refractivity contribution in [2.24, 2.45) is 0 Å². The SMILES string of the molecule is CC[n+]1cccc2[nH]ccc21. The van der Waals surface area contributed by atoms with Crippen LogP contribution < -0.4 is 4.57 Å². The zero-order valence-electron chi connectivity index (χ0n) is 6.54. The third kappa shape index (κ3) is 0.909. The van der Waals surface area contributed by atoms with Gasteiger partial charge in [-0.1, -0.05) is 0 Å². The summed E-state index contributed by atoms with van der Waals surface area (Å²) in [5.41, 5.74) is 2.48. The molecule has 2 rings (SSSR count). The Bertz CT molecular complexity index is 362. The van der Waals surface area contributed by atoms with Gasteiger partial charge in [-0.3, -0.25) is 0 Å². The summed E-state index contributed by atoms with van der Waals surface area (Å²) in [5.74, 6) is 0. The molecule has 56 valence electrons. The Labute approximate surface area is 65.5 Å². The minimum absolute atomic E-state index is 1.02. The molecule has 2 heteroatoms. The predicted octanol–water partition coefficient (Wildman–Crippen LogP) is 1.48. The van der Waals surface area contributed by atoms with Crippen LogP contribution in [0.5, 0.6) is 0 Å². The number of hydrogen-bond donors (Lipinski definition) is 1. The van der Waals surface area contributed by atoms with Crippen LogP contribution in [0.2, 0.25) is 0 Å². The van der Waals surface area contributed by atoms with Gasteiger partial charge in [0.2, 0.25) is 5.52 Å². The van der Waals surface area contributed by atoms with E-state index in [1.54, 1.807) is 0 Å². The van der Waals surface area contributed by atoms with E-state index in [4.69, 9.17) is 0 Å². The first kappa shape index (κ1) is 6.40. The molecule has 11 heavy (non-hydrogen) atoms. The standard InChI is InChI=1S/C9H10N2/c1-2-11-7-3-4-8-9(11)5-6-10-8/h3-7H,2H2,1H3/p+1. The van der Waals surface area contributed by atoms with Crippen LogP contribution in [0.15, 0.2) is 30.6 Å². The van der Waals surface area contributed by atoms with Gasteiger partial charge in [0.1, 0.15) is 12.1 Å². The lowest BCUT2D eigenvalue weighted by Gasteiger charge is -1.91. The highest BCUT2D eigenvalue weighted by Crippen LogP contribution is 2.04. The molecule has 1 N–H and O–H groups in total. The van der Waals surface area contributed by atoms with Gasteiger partial charge >= 0.3 is 0 Å². The number of aromatic nitrogens is 2. The van der Waals surface area contributed by atoms with Gasteiger partial charge in [-0.2, -0.15) is 4.57 Å².